The van der Waals surface area contributed by atoms with E-state index in [0.29, 0.717) is 0 Å². The van der Waals surface area contributed by atoms with E-state index < -0.39 is 0 Å². The Morgan fingerprint density at radius 2 is 1.23 bits per heavy atom. The van der Waals surface area contributed by atoms with E-state index in [2.05, 4.69) is 106 Å². The van der Waals surface area contributed by atoms with Crippen molar-refractivity contribution in [1.29, 1.82) is 0 Å². The molecule has 0 atom stereocenters. The number of hydrogen-bond acceptors (Lipinski definition) is 0. The first kappa shape index (κ1) is 19.4. The maximum Gasteiger partial charge on any atom is 2.00 e. The zero-order valence-corrected chi connectivity index (χ0v) is 21.5. The predicted octanol–water partition coefficient (Wildman–Crippen LogP) is 8.10. The molecule has 0 aliphatic heterocycles. The van der Waals surface area contributed by atoms with E-state index in [1.165, 1.54) is 65.3 Å². The van der Waals surface area contributed by atoms with Gasteiger partial charge in [0.1, 0.15) is 0 Å². The monoisotopic (exact) mass is 612 g/mol. The smallest absolute Gasteiger partial charge is 0.425 e. The van der Waals surface area contributed by atoms with Gasteiger partial charge in [-0.15, -0.1) is 17.5 Å². The van der Waals surface area contributed by atoms with E-state index in [4.69, 9.17) is 0 Å². The second-order valence-electron chi connectivity index (χ2n) is 9.21. The molecule has 9 aromatic rings. The van der Waals surface area contributed by atoms with Crippen LogP contribution in [0.5, 0.6) is 0 Å². The predicted molar refractivity (Wildman–Crippen MR) is 141 cm³/mol. The van der Waals surface area contributed by atoms with Crippen LogP contribution in [0.4, 0.5) is 0 Å². The number of aromatic nitrogens is 2. The van der Waals surface area contributed by atoms with Gasteiger partial charge < -0.3 is 8.80 Å². The molecule has 0 unspecified atom stereocenters. The molecule has 3 heteroatoms. The van der Waals surface area contributed by atoms with Crippen LogP contribution < -0.4 is 0 Å². The molecule has 35 heavy (non-hydrogen) atoms. The van der Waals surface area contributed by atoms with Crippen molar-refractivity contribution in [2.24, 2.45) is 0 Å². The maximum absolute atomic E-state index is 3.76. The Balaban J connectivity index is 0.00000196. The molecule has 2 nitrogen and oxygen atoms in total. The van der Waals surface area contributed by atoms with Gasteiger partial charge in [-0.2, -0.15) is 29.8 Å². The van der Waals surface area contributed by atoms with E-state index in [9.17, 15) is 0 Å². The Hall–Kier alpha value is -3.87. The van der Waals surface area contributed by atoms with Crippen LogP contribution in [0.3, 0.4) is 0 Å². The molecule has 0 fully saturated rings. The van der Waals surface area contributed by atoms with Crippen LogP contribution in [0.25, 0.3) is 76.4 Å². The van der Waals surface area contributed by atoms with Crippen molar-refractivity contribution >= 4 is 65.3 Å². The fourth-order valence-corrected chi connectivity index (χ4v) is 6.31. The van der Waals surface area contributed by atoms with Gasteiger partial charge in [0.25, 0.3) is 0 Å². The van der Waals surface area contributed by atoms with Crippen LogP contribution in [-0.2, 0) is 21.1 Å². The molecule has 0 aliphatic rings. The average Bonchev–Trinajstić information content (AvgIpc) is 3.62. The standard InChI is InChI=1S/C32H16N2.W/c1-2-8-19(9-3-1)26-18-33-30-22(12-6-13-23(26)30)24-16-17-28-29(32(24)33)25-14-7-11-21-20-10-4-5-15-27(20)34(28)31(21)25;/h1-8,10-17H;/q-2;+2. The summed E-state index contributed by atoms with van der Waals surface area (Å²) in [5.41, 5.74) is 8.50. The fraction of sp³-hybridized carbons (Fsp3) is 0. The summed E-state index contributed by atoms with van der Waals surface area (Å²) in [6, 6.07) is 38.3. The van der Waals surface area contributed by atoms with E-state index >= 15 is 0 Å². The molecule has 4 aromatic heterocycles. The quantitative estimate of drug-likeness (QED) is 0.166. The van der Waals surface area contributed by atoms with Gasteiger partial charge in [0.05, 0.1) is 11.0 Å². The first-order valence-electron chi connectivity index (χ1n) is 11.6. The Morgan fingerprint density at radius 1 is 0.514 bits per heavy atom. The Kier molecular flexibility index (Phi) is 3.68. The maximum atomic E-state index is 3.76. The summed E-state index contributed by atoms with van der Waals surface area (Å²) >= 11 is 0. The molecule has 5 aromatic carbocycles. The molecule has 0 radical (unpaired) electrons. The van der Waals surface area contributed by atoms with Crippen LogP contribution in [0.15, 0.2) is 97.1 Å². The molecule has 0 saturated heterocycles. The van der Waals surface area contributed by atoms with Gasteiger partial charge in [0, 0.05) is 21.7 Å². The molecule has 160 valence electrons. The minimum Gasteiger partial charge on any atom is -0.425 e. The Labute approximate surface area is 214 Å². The summed E-state index contributed by atoms with van der Waals surface area (Å²) in [6.45, 7) is 0. The van der Waals surface area contributed by atoms with Gasteiger partial charge in [0.2, 0.25) is 0 Å². The minimum atomic E-state index is 0. The van der Waals surface area contributed by atoms with Crippen molar-refractivity contribution < 1.29 is 21.1 Å². The van der Waals surface area contributed by atoms with Crippen molar-refractivity contribution in [3.05, 3.63) is 109 Å². The van der Waals surface area contributed by atoms with Gasteiger partial charge in [-0.1, -0.05) is 60.8 Å². The molecule has 0 aliphatic carbocycles. The van der Waals surface area contributed by atoms with Crippen molar-refractivity contribution in [3.63, 3.8) is 0 Å². The number of benzene rings is 5. The fourth-order valence-electron chi connectivity index (χ4n) is 6.31. The first-order valence-corrected chi connectivity index (χ1v) is 11.6. The van der Waals surface area contributed by atoms with E-state index in [1.54, 1.807) is 0 Å². The number of fused-ring (bicyclic) bond motifs is 10. The van der Waals surface area contributed by atoms with Gasteiger partial charge in [-0.3, -0.25) is 0 Å². The van der Waals surface area contributed by atoms with Crippen molar-refractivity contribution in [1.82, 2.24) is 8.80 Å². The zero-order chi connectivity index (χ0) is 22.0. The summed E-state index contributed by atoms with van der Waals surface area (Å²) in [7, 11) is 0. The third-order valence-electron chi connectivity index (χ3n) is 7.61. The van der Waals surface area contributed by atoms with Crippen LogP contribution in [0.2, 0.25) is 0 Å². The van der Waals surface area contributed by atoms with E-state index in [1.807, 2.05) is 12.1 Å². The first-order chi connectivity index (χ1) is 16.9. The summed E-state index contributed by atoms with van der Waals surface area (Å²) in [5, 5.41) is 9.02. The summed E-state index contributed by atoms with van der Waals surface area (Å²) in [6.07, 6.45) is 3.76. The molecule has 9 rings (SSSR count). The van der Waals surface area contributed by atoms with Gasteiger partial charge in [0.15, 0.2) is 0 Å². The molecule has 4 heterocycles. The van der Waals surface area contributed by atoms with Crippen LogP contribution in [0.1, 0.15) is 0 Å². The number of rotatable bonds is 1. The normalized spacial score (nSPS) is 12.3. The SMILES string of the molecule is [W+2].[c-]1ccccc1-c1[c-]n2c3c1cccc3c1ccc3c(c4cccc5c6ccccc6n3c54)c12. The summed E-state index contributed by atoms with van der Waals surface area (Å²) in [5.74, 6) is 0. The molecule has 0 spiro atoms. The number of para-hydroxylation sites is 3. The number of nitrogens with zero attached hydrogens (tertiary/aromatic N) is 2. The third-order valence-corrected chi connectivity index (χ3v) is 7.61. The van der Waals surface area contributed by atoms with Crippen LogP contribution in [-0.4, -0.2) is 8.80 Å². The Bertz CT molecular complexity index is 2220. The van der Waals surface area contributed by atoms with Crippen molar-refractivity contribution in [3.8, 4) is 11.1 Å². The molecular weight excluding hydrogens is 596 g/mol. The molecule has 0 bridgehead atoms. The zero-order valence-electron chi connectivity index (χ0n) is 18.5. The van der Waals surface area contributed by atoms with Crippen molar-refractivity contribution in [2.45, 2.75) is 0 Å². The minimum absolute atomic E-state index is 0. The Morgan fingerprint density at radius 3 is 2.09 bits per heavy atom. The van der Waals surface area contributed by atoms with Crippen LogP contribution >= 0.6 is 0 Å². The number of hydrogen-bond donors (Lipinski definition) is 0. The second kappa shape index (κ2) is 6.62. The van der Waals surface area contributed by atoms with Crippen LogP contribution in [0, 0.1) is 12.3 Å². The van der Waals surface area contributed by atoms with E-state index in [-0.39, 0.29) is 21.1 Å². The molecule has 0 saturated carbocycles. The largest absolute Gasteiger partial charge is 2.00 e. The van der Waals surface area contributed by atoms with Gasteiger partial charge >= 0.3 is 21.1 Å². The summed E-state index contributed by atoms with van der Waals surface area (Å²) in [4.78, 5) is 0. The molecular formula is C32H16N2W. The van der Waals surface area contributed by atoms with E-state index in [0.717, 1.165) is 11.1 Å². The second-order valence-corrected chi connectivity index (χ2v) is 9.21. The topological polar surface area (TPSA) is 8.82 Å². The van der Waals surface area contributed by atoms with Gasteiger partial charge in [-0.25, -0.2) is 5.56 Å². The third kappa shape index (κ3) is 2.20. The molecule has 0 amide bonds. The molecule has 0 N–H and O–H groups in total. The van der Waals surface area contributed by atoms with Gasteiger partial charge in [-0.05, 0) is 39.3 Å². The van der Waals surface area contributed by atoms with Crippen molar-refractivity contribution in [2.75, 3.05) is 0 Å². The average molecular weight is 612 g/mol. The summed E-state index contributed by atoms with van der Waals surface area (Å²) < 4.78 is 4.76.